The molecule has 22 heavy (non-hydrogen) atoms. The summed E-state index contributed by atoms with van der Waals surface area (Å²) in [5.41, 5.74) is 0.140. The average molecular weight is 326 g/mol. The molecule has 1 saturated heterocycles. The van der Waals surface area contributed by atoms with Crippen molar-refractivity contribution >= 4 is 21.6 Å². The summed E-state index contributed by atoms with van der Waals surface area (Å²) < 4.78 is 26.4. The monoisotopic (exact) mass is 326 g/mol. The van der Waals surface area contributed by atoms with Crippen LogP contribution in [0.5, 0.6) is 5.75 Å². The van der Waals surface area contributed by atoms with Gasteiger partial charge in [0.2, 0.25) is 15.9 Å². The Balaban J connectivity index is 2.21. The molecule has 1 aromatic carbocycles. The zero-order chi connectivity index (χ0) is 16.2. The molecule has 0 aliphatic carbocycles. The van der Waals surface area contributed by atoms with E-state index in [9.17, 15) is 18.3 Å². The maximum absolute atomic E-state index is 12.5. The van der Waals surface area contributed by atoms with Gasteiger partial charge in [0.05, 0.1) is 10.6 Å². The van der Waals surface area contributed by atoms with Crippen LogP contribution in [-0.4, -0.2) is 36.8 Å². The highest BCUT2D eigenvalue weighted by atomic mass is 32.2. The number of rotatable bonds is 6. The van der Waals surface area contributed by atoms with Crippen LogP contribution >= 0.6 is 0 Å². The van der Waals surface area contributed by atoms with E-state index in [1.807, 2.05) is 6.92 Å². The van der Waals surface area contributed by atoms with Crippen molar-refractivity contribution in [2.24, 2.45) is 0 Å². The third kappa shape index (κ3) is 3.78. The van der Waals surface area contributed by atoms with Gasteiger partial charge in [-0.15, -0.1) is 0 Å². The lowest BCUT2D eigenvalue weighted by atomic mass is 10.2. The predicted molar refractivity (Wildman–Crippen MR) is 84.3 cm³/mol. The lowest BCUT2D eigenvalue weighted by Gasteiger charge is -2.16. The molecular weight excluding hydrogens is 304 g/mol. The Morgan fingerprint density at radius 1 is 1.32 bits per heavy atom. The van der Waals surface area contributed by atoms with Crippen LogP contribution in [0.1, 0.15) is 39.0 Å². The highest BCUT2D eigenvalue weighted by molar-refractivity contribution is 7.89. The zero-order valence-corrected chi connectivity index (χ0v) is 13.5. The fourth-order valence-electron chi connectivity index (χ4n) is 2.40. The van der Waals surface area contributed by atoms with Crippen molar-refractivity contribution in [2.75, 3.05) is 18.4 Å². The van der Waals surface area contributed by atoms with E-state index in [2.05, 4.69) is 5.32 Å². The second-order valence-electron chi connectivity index (χ2n) is 5.44. The standard InChI is InChI=1S/C15H22N2O4S/c1-2-3-6-15(19)16-13-11-12(7-8-14(13)18)22(20,21)17-9-4-5-10-17/h7-8,11,18H,2-6,9-10H2,1H3,(H,16,19). The smallest absolute Gasteiger partial charge is 0.243 e. The summed E-state index contributed by atoms with van der Waals surface area (Å²) in [4.78, 5) is 11.9. The molecule has 1 heterocycles. The highest BCUT2D eigenvalue weighted by Crippen LogP contribution is 2.29. The van der Waals surface area contributed by atoms with E-state index < -0.39 is 10.0 Å². The Bertz CT molecular complexity index is 637. The van der Waals surface area contributed by atoms with Gasteiger partial charge in [0.25, 0.3) is 0 Å². The third-order valence-corrected chi connectivity index (χ3v) is 5.60. The van der Waals surface area contributed by atoms with Gasteiger partial charge >= 0.3 is 0 Å². The Kier molecular flexibility index (Phi) is 5.42. The van der Waals surface area contributed by atoms with Crippen molar-refractivity contribution in [3.63, 3.8) is 0 Å². The van der Waals surface area contributed by atoms with Gasteiger partial charge in [-0.3, -0.25) is 4.79 Å². The van der Waals surface area contributed by atoms with Crippen LogP contribution in [0.2, 0.25) is 0 Å². The average Bonchev–Trinajstić information content (AvgIpc) is 3.02. The quantitative estimate of drug-likeness (QED) is 0.785. The SMILES string of the molecule is CCCCC(=O)Nc1cc(S(=O)(=O)N2CCCC2)ccc1O. The van der Waals surface area contributed by atoms with Crippen molar-refractivity contribution < 1.29 is 18.3 Å². The number of hydrogen-bond donors (Lipinski definition) is 2. The minimum Gasteiger partial charge on any atom is -0.506 e. The molecular formula is C15H22N2O4S. The number of carbonyl (C=O) groups excluding carboxylic acids is 1. The highest BCUT2D eigenvalue weighted by Gasteiger charge is 2.27. The summed E-state index contributed by atoms with van der Waals surface area (Å²) in [5, 5.41) is 12.4. The van der Waals surface area contributed by atoms with E-state index in [-0.39, 0.29) is 22.2 Å². The summed E-state index contributed by atoms with van der Waals surface area (Å²) in [6, 6.07) is 4.00. The van der Waals surface area contributed by atoms with E-state index in [0.29, 0.717) is 19.5 Å². The molecule has 0 unspecified atom stereocenters. The fraction of sp³-hybridized carbons (Fsp3) is 0.533. The van der Waals surface area contributed by atoms with Gasteiger partial charge < -0.3 is 10.4 Å². The van der Waals surface area contributed by atoms with Crippen LogP contribution in [0.15, 0.2) is 23.1 Å². The number of anilines is 1. The van der Waals surface area contributed by atoms with Gasteiger partial charge in [-0.1, -0.05) is 13.3 Å². The molecule has 7 heteroatoms. The number of carbonyl (C=O) groups is 1. The van der Waals surface area contributed by atoms with Crippen molar-refractivity contribution in [3.8, 4) is 5.75 Å². The number of amides is 1. The fourth-order valence-corrected chi connectivity index (χ4v) is 3.95. The van der Waals surface area contributed by atoms with Gasteiger partial charge in [0.1, 0.15) is 5.75 Å². The Morgan fingerprint density at radius 2 is 2.00 bits per heavy atom. The molecule has 122 valence electrons. The lowest BCUT2D eigenvalue weighted by molar-refractivity contribution is -0.116. The molecule has 0 saturated carbocycles. The second-order valence-corrected chi connectivity index (χ2v) is 7.38. The van der Waals surface area contributed by atoms with Crippen LogP contribution in [0.3, 0.4) is 0 Å². The van der Waals surface area contributed by atoms with E-state index in [1.165, 1.54) is 22.5 Å². The van der Waals surface area contributed by atoms with Crippen molar-refractivity contribution in [2.45, 2.75) is 43.9 Å². The van der Waals surface area contributed by atoms with E-state index >= 15 is 0 Å². The molecule has 1 aromatic rings. The van der Waals surface area contributed by atoms with Gasteiger partial charge in [-0.25, -0.2) is 8.42 Å². The summed E-state index contributed by atoms with van der Waals surface area (Å²) >= 11 is 0. The minimum absolute atomic E-state index is 0.0954. The first-order valence-electron chi connectivity index (χ1n) is 7.58. The predicted octanol–water partition coefficient (Wildman–Crippen LogP) is 2.31. The zero-order valence-electron chi connectivity index (χ0n) is 12.7. The number of phenols is 1. The van der Waals surface area contributed by atoms with Crippen LogP contribution in [0.4, 0.5) is 5.69 Å². The number of phenolic OH excluding ortho intramolecular Hbond substituents is 1. The maximum atomic E-state index is 12.5. The number of benzene rings is 1. The van der Waals surface area contributed by atoms with Crippen LogP contribution in [-0.2, 0) is 14.8 Å². The summed E-state index contributed by atoms with van der Waals surface area (Å²) in [5.74, 6) is -0.363. The van der Waals surface area contributed by atoms with E-state index in [1.54, 1.807) is 0 Å². The number of sulfonamides is 1. The maximum Gasteiger partial charge on any atom is 0.243 e. The molecule has 1 fully saturated rings. The number of nitrogens with zero attached hydrogens (tertiary/aromatic N) is 1. The summed E-state index contributed by atoms with van der Waals surface area (Å²) in [7, 11) is -3.56. The number of unbranched alkanes of at least 4 members (excludes halogenated alkanes) is 1. The summed E-state index contributed by atoms with van der Waals surface area (Å²) in [6.45, 7) is 3.01. The first kappa shape index (κ1) is 16.8. The molecule has 0 atom stereocenters. The molecule has 1 amide bonds. The van der Waals surface area contributed by atoms with Crippen LogP contribution in [0, 0.1) is 0 Å². The third-order valence-electron chi connectivity index (χ3n) is 3.70. The molecule has 1 aliphatic heterocycles. The van der Waals surface area contributed by atoms with Gasteiger partial charge in [0, 0.05) is 19.5 Å². The largest absolute Gasteiger partial charge is 0.506 e. The summed E-state index contributed by atoms with van der Waals surface area (Å²) in [6.07, 6.45) is 3.70. The first-order chi connectivity index (χ1) is 10.4. The topological polar surface area (TPSA) is 86.7 Å². The van der Waals surface area contributed by atoms with Gasteiger partial charge in [-0.05, 0) is 37.5 Å². The Labute approximate surface area is 131 Å². The molecule has 0 spiro atoms. The van der Waals surface area contributed by atoms with E-state index in [4.69, 9.17) is 0 Å². The van der Waals surface area contributed by atoms with Crippen LogP contribution < -0.4 is 5.32 Å². The molecule has 0 bridgehead atoms. The van der Waals surface area contributed by atoms with Gasteiger partial charge in [-0.2, -0.15) is 4.31 Å². The molecule has 2 rings (SSSR count). The molecule has 2 N–H and O–H groups in total. The van der Waals surface area contributed by atoms with E-state index in [0.717, 1.165) is 25.7 Å². The van der Waals surface area contributed by atoms with Gasteiger partial charge in [0.15, 0.2) is 0 Å². The first-order valence-corrected chi connectivity index (χ1v) is 9.02. The number of nitrogens with one attached hydrogen (secondary N) is 1. The number of hydrogen-bond acceptors (Lipinski definition) is 4. The minimum atomic E-state index is -3.56. The Hall–Kier alpha value is -1.60. The Morgan fingerprint density at radius 3 is 2.64 bits per heavy atom. The van der Waals surface area contributed by atoms with Crippen molar-refractivity contribution in [1.82, 2.24) is 4.31 Å². The molecule has 6 nitrogen and oxygen atoms in total. The molecule has 0 aromatic heterocycles. The second kappa shape index (κ2) is 7.11. The number of aromatic hydroxyl groups is 1. The van der Waals surface area contributed by atoms with Crippen molar-refractivity contribution in [3.05, 3.63) is 18.2 Å². The molecule has 0 radical (unpaired) electrons. The van der Waals surface area contributed by atoms with Crippen LogP contribution in [0.25, 0.3) is 0 Å². The van der Waals surface area contributed by atoms with Crippen molar-refractivity contribution in [1.29, 1.82) is 0 Å². The normalized spacial score (nSPS) is 15.9. The molecule has 1 aliphatic rings. The lowest BCUT2D eigenvalue weighted by Crippen LogP contribution is -2.27.